The Bertz CT molecular complexity index is 1080. The van der Waals surface area contributed by atoms with E-state index in [1.165, 1.54) is 6.08 Å². The summed E-state index contributed by atoms with van der Waals surface area (Å²) >= 11 is 1.60. The zero-order valence-corrected chi connectivity index (χ0v) is 17.4. The van der Waals surface area contributed by atoms with E-state index in [-0.39, 0.29) is 12.6 Å². The van der Waals surface area contributed by atoms with Gasteiger partial charge in [0.15, 0.2) is 0 Å². The van der Waals surface area contributed by atoms with Gasteiger partial charge in [-0.1, -0.05) is 0 Å². The van der Waals surface area contributed by atoms with Crippen molar-refractivity contribution >= 4 is 40.4 Å². The van der Waals surface area contributed by atoms with Crippen LogP contribution in [-0.4, -0.2) is 45.2 Å². The van der Waals surface area contributed by atoms with E-state index in [4.69, 9.17) is 16.1 Å². The minimum Gasteiger partial charge on any atom is -0.397 e. The van der Waals surface area contributed by atoms with Crippen LogP contribution in [0.5, 0.6) is 0 Å². The van der Waals surface area contributed by atoms with Crippen LogP contribution < -0.4 is 11.1 Å². The quantitative estimate of drug-likeness (QED) is 0.349. The minimum absolute atomic E-state index is 0.0200. The third-order valence-electron chi connectivity index (χ3n) is 4.49. The molecular weight excluding hydrogens is 384 g/mol. The van der Waals surface area contributed by atoms with E-state index in [2.05, 4.69) is 21.4 Å². The molecule has 0 aromatic carbocycles. The zero-order chi connectivity index (χ0) is 21.0. The van der Waals surface area contributed by atoms with Crippen molar-refractivity contribution in [2.45, 2.75) is 24.9 Å². The van der Waals surface area contributed by atoms with E-state index < -0.39 is 0 Å². The monoisotopic (exact) mass is 408 g/mol. The van der Waals surface area contributed by atoms with Crippen LogP contribution in [-0.2, 0) is 0 Å². The van der Waals surface area contributed by atoms with Crippen LogP contribution >= 0.6 is 11.8 Å². The number of pyridine rings is 3. The van der Waals surface area contributed by atoms with Gasteiger partial charge in [0.05, 0.1) is 17.3 Å². The molecule has 0 bridgehead atoms. The summed E-state index contributed by atoms with van der Waals surface area (Å²) in [5.74, 6) is 0.610. The first-order chi connectivity index (χ1) is 14.0. The lowest BCUT2D eigenvalue weighted by molar-refractivity contribution is 0.281. The highest BCUT2D eigenvalue weighted by Crippen LogP contribution is 2.34. The molecule has 3 aromatic heterocycles. The van der Waals surface area contributed by atoms with Crippen molar-refractivity contribution in [3.05, 3.63) is 47.9 Å². The second-order valence-corrected chi connectivity index (χ2v) is 7.44. The molecule has 0 spiro atoms. The Labute approximate surface area is 174 Å². The summed E-state index contributed by atoms with van der Waals surface area (Å²) < 4.78 is 0. The van der Waals surface area contributed by atoms with Gasteiger partial charge < -0.3 is 21.6 Å². The molecule has 0 aliphatic heterocycles. The highest BCUT2D eigenvalue weighted by molar-refractivity contribution is 7.98. The molecule has 7 nitrogen and oxygen atoms in total. The predicted octanol–water partition coefficient (Wildman–Crippen LogP) is 3.46. The Morgan fingerprint density at radius 3 is 2.76 bits per heavy atom. The number of fused-ring (bicyclic) bond motifs is 1. The third-order valence-corrected chi connectivity index (χ3v) is 5.14. The number of thioether (sulfide) groups is 1. The lowest BCUT2D eigenvalue weighted by atomic mass is 9.99. The molecule has 0 fully saturated rings. The van der Waals surface area contributed by atoms with Crippen molar-refractivity contribution in [2.24, 2.45) is 5.73 Å². The van der Waals surface area contributed by atoms with E-state index in [1.807, 2.05) is 38.3 Å². The number of hydrogen-bond acceptors (Lipinski definition) is 8. The fraction of sp³-hybridized carbons (Fsp3) is 0.238. The van der Waals surface area contributed by atoms with E-state index in [1.54, 1.807) is 18.0 Å². The fourth-order valence-electron chi connectivity index (χ4n) is 3.06. The molecule has 0 aliphatic carbocycles. The van der Waals surface area contributed by atoms with Gasteiger partial charge >= 0.3 is 0 Å². The third kappa shape index (κ3) is 4.38. The molecule has 5 N–H and O–H groups in total. The Morgan fingerprint density at radius 1 is 1.31 bits per heavy atom. The summed E-state index contributed by atoms with van der Waals surface area (Å²) in [6.45, 7) is 3.84. The predicted molar refractivity (Wildman–Crippen MR) is 120 cm³/mol. The van der Waals surface area contributed by atoms with Crippen molar-refractivity contribution in [3.8, 4) is 11.1 Å². The highest BCUT2D eigenvalue weighted by atomic mass is 32.2. The number of anilines is 1. The first kappa shape index (κ1) is 20.8. The average Bonchev–Trinajstić information content (AvgIpc) is 2.72. The molecule has 150 valence electrons. The van der Waals surface area contributed by atoms with Crippen LogP contribution in [0.4, 0.5) is 5.82 Å². The molecule has 29 heavy (non-hydrogen) atoms. The van der Waals surface area contributed by atoms with Gasteiger partial charge in [-0.2, -0.15) is 0 Å². The largest absolute Gasteiger partial charge is 0.397 e. The Morgan fingerprint density at radius 2 is 2.10 bits per heavy atom. The van der Waals surface area contributed by atoms with Gasteiger partial charge in [0, 0.05) is 35.1 Å². The number of nitrogens with one attached hydrogen (secondary N) is 2. The van der Waals surface area contributed by atoms with Gasteiger partial charge in [0.1, 0.15) is 17.0 Å². The molecule has 0 radical (unpaired) electrons. The van der Waals surface area contributed by atoms with Crippen molar-refractivity contribution < 1.29 is 5.11 Å². The van der Waals surface area contributed by atoms with E-state index in [0.717, 1.165) is 33.4 Å². The number of aryl methyl sites for hydroxylation is 1. The minimum atomic E-state index is -0.166. The average molecular weight is 409 g/mol. The van der Waals surface area contributed by atoms with Gasteiger partial charge in [-0.25, -0.2) is 9.97 Å². The van der Waals surface area contributed by atoms with E-state index in [9.17, 15) is 5.11 Å². The van der Waals surface area contributed by atoms with Crippen LogP contribution in [0, 0.1) is 12.3 Å². The molecule has 0 amide bonds. The Balaban J connectivity index is 2.31. The maximum atomic E-state index is 9.44. The van der Waals surface area contributed by atoms with Crippen LogP contribution in [0.2, 0.25) is 0 Å². The van der Waals surface area contributed by atoms with Gasteiger partial charge in [0.25, 0.3) is 0 Å². The van der Waals surface area contributed by atoms with Crippen molar-refractivity contribution in [1.82, 2.24) is 15.0 Å². The standard InChI is InChI=1S/C21H24N6OS/c1-12(11-28)25-18-10-16(14-4-5-19(29-3)26-13(14)2)15-7-9-24-21(20(15)27-18)17(23)6-8-22/h4-10,12,22,28H,11,23H2,1-3H3,(H,25,27)/b17-6-,22-8?/t12-/m1/s1. The second-order valence-electron chi connectivity index (χ2n) is 6.61. The molecule has 3 aromatic rings. The Kier molecular flexibility index (Phi) is 6.46. The molecule has 8 heteroatoms. The number of allylic oxidation sites excluding steroid dienone is 1. The summed E-state index contributed by atoms with van der Waals surface area (Å²) in [4.78, 5) is 13.8. The van der Waals surface area contributed by atoms with Crippen LogP contribution in [0.3, 0.4) is 0 Å². The zero-order valence-electron chi connectivity index (χ0n) is 16.6. The molecule has 0 aliphatic rings. The number of rotatable bonds is 7. The lowest BCUT2D eigenvalue weighted by Crippen LogP contribution is -2.20. The topological polar surface area (TPSA) is 121 Å². The Hall–Kier alpha value is -2.97. The summed E-state index contributed by atoms with van der Waals surface area (Å²) in [5, 5.41) is 21.8. The van der Waals surface area contributed by atoms with Crippen molar-refractivity contribution in [3.63, 3.8) is 0 Å². The molecular formula is C21H24N6OS. The summed E-state index contributed by atoms with van der Waals surface area (Å²) in [7, 11) is 0. The molecule has 0 saturated heterocycles. The fourth-order valence-corrected chi connectivity index (χ4v) is 3.50. The van der Waals surface area contributed by atoms with Crippen molar-refractivity contribution in [1.29, 1.82) is 5.41 Å². The number of aliphatic hydroxyl groups excluding tert-OH is 1. The lowest BCUT2D eigenvalue weighted by Gasteiger charge is -2.17. The SMILES string of the molecule is CSc1ccc(-c2cc(N[C@H](C)CO)nc3c(/C(N)=C/C=N)nccc23)c(C)n1. The smallest absolute Gasteiger partial charge is 0.127 e. The number of aliphatic hydroxyl groups is 1. The maximum absolute atomic E-state index is 9.44. The number of nitrogens with zero attached hydrogens (tertiary/aromatic N) is 3. The molecule has 0 unspecified atom stereocenters. The van der Waals surface area contributed by atoms with Gasteiger partial charge in [0.2, 0.25) is 0 Å². The first-order valence-electron chi connectivity index (χ1n) is 9.14. The number of hydrogen-bond donors (Lipinski definition) is 4. The summed E-state index contributed by atoms with van der Waals surface area (Å²) in [6.07, 6.45) is 6.30. The van der Waals surface area contributed by atoms with Crippen LogP contribution in [0.15, 0.2) is 41.6 Å². The molecule has 3 rings (SSSR count). The maximum Gasteiger partial charge on any atom is 0.127 e. The normalized spacial score (nSPS) is 12.8. The number of aromatic nitrogens is 3. The van der Waals surface area contributed by atoms with Crippen molar-refractivity contribution in [2.75, 3.05) is 18.2 Å². The van der Waals surface area contributed by atoms with E-state index >= 15 is 0 Å². The van der Waals surface area contributed by atoms with Gasteiger partial charge in [-0.15, -0.1) is 11.8 Å². The molecule has 0 saturated carbocycles. The molecule has 1 atom stereocenters. The summed E-state index contributed by atoms with van der Waals surface area (Å²) in [5.41, 5.74) is 10.5. The van der Waals surface area contributed by atoms with Crippen LogP contribution in [0.25, 0.3) is 27.7 Å². The van der Waals surface area contributed by atoms with Crippen LogP contribution in [0.1, 0.15) is 18.3 Å². The number of nitrogens with two attached hydrogens (primary N) is 1. The van der Waals surface area contributed by atoms with E-state index in [0.29, 0.717) is 22.7 Å². The molecule has 3 heterocycles. The first-order valence-corrected chi connectivity index (χ1v) is 10.4. The van der Waals surface area contributed by atoms with Gasteiger partial charge in [-0.05, 0) is 56.0 Å². The second kappa shape index (κ2) is 9.02. The van der Waals surface area contributed by atoms with Gasteiger partial charge in [-0.3, -0.25) is 4.98 Å². The summed E-state index contributed by atoms with van der Waals surface area (Å²) in [6, 6.07) is 7.74. The highest BCUT2D eigenvalue weighted by Gasteiger charge is 2.16.